The number of thiocarbonyl (C=S) groups is 1. The smallest absolute Gasteiger partial charge is 0.184 e. The van der Waals surface area contributed by atoms with Crippen molar-refractivity contribution in [3.63, 3.8) is 0 Å². The SMILES string of the molecule is CC(=O)c1cccnc1C(C)=NNC(N)=S. The predicted octanol–water partition coefficient (Wildman–Crippen LogP) is 0.841. The van der Waals surface area contributed by atoms with E-state index in [1.54, 1.807) is 25.3 Å². The van der Waals surface area contributed by atoms with Crippen LogP contribution in [0.2, 0.25) is 0 Å². The molecule has 1 heterocycles. The van der Waals surface area contributed by atoms with Gasteiger partial charge in [-0.15, -0.1) is 0 Å². The molecule has 3 N–H and O–H groups in total. The summed E-state index contributed by atoms with van der Waals surface area (Å²) in [4.78, 5) is 15.4. The molecule has 0 fully saturated rings. The zero-order valence-corrected chi connectivity index (χ0v) is 9.84. The monoisotopic (exact) mass is 236 g/mol. The Balaban J connectivity index is 3.07. The zero-order valence-electron chi connectivity index (χ0n) is 9.02. The van der Waals surface area contributed by atoms with Gasteiger partial charge in [-0.1, -0.05) is 0 Å². The first-order valence-electron chi connectivity index (χ1n) is 4.58. The maximum absolute atomic E-state index is 11.3. The standard InChI is InChI=1S/C10H12N4OS/c1-6(13-14-10(11)16)9-8(7(2)15)4-3-5-12-9/h3-5H,1-2H3,(H3,11,14,16). The number of hydrogen-bond donors (Lipinski definition) is 2. The summed E-state index contributed by atoms with van der Waals surface area (Å²) in [5.41, 5.74) is 9.30. The van der Waals surface area contributed by atoms with Crippen molar-refractivity contribution < 1.29 is 4.79 Å². The lowest BCUT2D eigenvalue weighted by molar-refractivity contribution is 0.101. The number of carbonyl (C=O) groups excluding carboxylic acids is 1. The van der Waals surface area contributed by atoms with E-state index >= 15 is 0 Å². The van der Waals surface area contributed by atoms with Crippen LogP contribution in [0.1, 0.15) is 29.9 Å². The van der Waals surface area contributed by atoms with Crippen LogP contribution < -0.4 is 11.2 Å². The molecule has 0 aliphatic rings. The lowest BCUT2D eigenvalue weighted by Gasteiger charge is -2.05. The van der Waals surface area contributed by atoms with Gasteiger partial charge >= 0.3 is 0 Å². The van der Waals surface area contributed by atoms with E-state index < -0.39 is 0 Å². The van der Waals surface area contributed by atoms with E-state index in [1.165, 1.54) is 6.92 Å². The molecule has 0 unspecified atom stereocenters. The highest BCUT2D eigenvalue weighted by atomic mass is 32.1. The van der Waals surface area contributed by atoms with Gasteiger partial charge in [-0.3, -0.25) is 15.2 Å². The quantitative estimate of drug-likeness (QED) is 0.352. The Labute approximate surface area is 98.8 Å². The van der Waals surface area contributed by atoms with Crippen molar-refractivity contribution >= 4 is 28.8 Å². The summed E-state index contributed by atoms with van der Waals surface area (Å²) in [5.74, 6) is -0.0621. The van der Waals surface area contributed by atoms with Crippen molar-refractivity contribution in [1.29, 1.82) is 0 Å². The average Bonchev–Trinajstić information content (AvgIpc) is 2.25. The Morgan fingerprint density at radius 1 is 1.56 bits per heavy atom. The van der Waals surface area contributed by atoms with Crippen LogP contribution in [0, 0.1) is 0 Å². The van der Waals surface area contributed by atoms with Gasteiger partial charge in [-0.2, -0.15) is 5.10 Å². The fraction of sp³-hybridized carbons (Fsp3) is 0.200. The summed E-state index contributed by atoms with van der Waals surface area (Å²) in [6.07, 6.45) is 1.60. The number of nitrogens with two attached hydrogens (primary N) is 1. The molecule has 0 atom stereocenters. The van der Waals surface area contributed by atoms with Gasteiger partial charge in [0, 0.05) is 11.8 Å². The van der Waals surface area contributed by atoms with Gasteiger partial charge in [0.25, 0.3) is 0 Å². The second-order valence-corrected chi connectivity index (χ2v) is 3.57. The highest BCUT2D eigenvalue weighted by Gasteiger charge is 2.10. The summed E-state index contributed by atoms with van der Waals surface area (Å²) >= 11 is 4.62. The highest BCUT2D eigenvalue weighted by Crippen LogP contribution is 2.07. The molecular formula is C10H12N4OS. The number of Topliss-reactive ketones (excluding diaryl/α,β-unsaturated/α-hetero) is 1. The molecule has 0 aliphatic carbocycles. The Hall–Kier alpha value is -1.82. The Bertz CT molecular complexity index is 456. The number of rotatable bonds is 3. The maximum Gasteiger partial charge on any atom is 0.184 e. The summed E-state index contributed by atoms with van der Waals surface area (Å²) in [6, 6.07) is 3.40. The van der Waals surface area contributed by atoms with Gasteiger partial charge in [-0.05, 0) is 38.2 Å². The van der Waals surface area contributed by atoms with Crippen LogP contribution in [-0.4, -0.2) is 21.6 Å². The molecule has 0 bridgehead atoms. The van der Waals surface area contributed by atoms with Crippen molar-refractivity contribution in [2.75, 3.05) is 0 Å². The first-order valence-corrected chi connectivity index (χ1v) is 4.99. The molecule has 16 heavy (non-hydrogen) atoms. The number of nitrogens with zero attached hydrogens (tertiary/aromatic N) is 2. The van der Waals surface area contributed by atoms with Crippen LogP contribution in [0.25, 0.3) is 0 Å². The maximum atomic E-state index is 11.3. The van der Waals surface area contributed by atoms with Crippen LogP contribution in [-0.2, 0) is 0 Å². The van der Waals surface area contributed by atoms with E-state index in [9.17, 15) is 4.79 Å². The van der Waals surface area contributed by atoms with E-state index in [1.807, 2.05) is 0 Å². The van der Waals surface area contributed by atoms with E-state index in [0.717, 1.165) is 0 Å². The molecule has 0 saturated heterocycles. The van der Waals surface area contributed by atoms with Crippen molar-refractivity contribution in [2.24, 2.45) is 10.8 Å². The molecule has 0 saturated carbocycles. The minimum atomic E-state index is -0.0621. The number of nitrogens with one attached hydrogen (secondary N) is 1. The van der Waals surface area contributed by atoms with Gasteiger partial charge in [0.2, 0.25) is 0 Å². The topological polar surface area (TPSA) is 80.4 Å². The Morgan fingerprint density at radius 2 is 2.25 bits per heavy atom. The predicted molar refractivity (Wildman–Crippen MR) is 66.4 cm³/mol. The molecule has 1 aromatic rings. The average molecular weight is 236 g/mol. The first-order chi connectivity index (χ1) is 7.52. The molecule has 0 aromatic carbocycles. The summed E-state index contributed by atoms with van der Waals surface area (Å²) < 4.78 is 0. The molecule has 5 nitrogen and oxygen atoms in total. The summed E-state index contributed by atoms with van der Waals surface area (Å²) in [7, 11) is 0. The number of hydrogen-bond acceptors (Lipinski definition) is 4. The summed E-state index contributed by atoms with van der Waals surface area (Å²) in [5, 5.41) is 3.99. The van der Waals surface area contributed by atoms with Gasteiger partial charge in [-0.25, -0.2) is 0 Å². The fourth-order valence-electron chi connectivity index (χ4n) is 1.17. The van der Waals surface area contributed by atoms with Crippen molar-refractivity contribution in [3.8, 4) is 0 Å². The minimum absolute atomic E-state index is 0.0621. The number of ketones is 1. The van der Waals surface area contributed by atoms with E-state index in [0.29, 0.717) is 17.0 Å². The highest BCUT2D eigenvalue weighted by molar-refractivity contribution is 7.80. The second kappa shape index (κ2) is 5.32. The number of hydrazone groups is 1. The van der Waals surface area contributed by atoms with E-state index in [-0.39, 0.29) is 10.9 Å². The zero-order chi connectivity index (χ0) is 12.1. The third-order valence-electron chi connectivity index (χ3n) is 1.86. The Morgan fingerprint density at radius 3 is 2.81 bits per heavy atom. The Kier molecular flexibility index (Phi) is 4.07. The molecule has 0 amide bonds. The fourth-order valence-corrected chi connectivity index (χ4v) is 1.22. The normalized spacial score (nSPS) is 11.0. The van der Waals surface area contributed by atoms with Crippen LogP contribution in [0.5, 0.6) is 0 Å². The number of carbonyl (C=O) groups is 1. The largest absolute Gasteiger partial charge is 0.375 e. The van der Waals surface area contributed by atoms with Crippen LogP contribution in [0.3, 0.4) is 0 Å². The van der Waals surface area contributed by atoms with Crippen LogP contribution in [0.15, 0.2) is 23.4 Å². The van der Waals surface area contributed by atoms with Gasteiger partial charge in [0.15, 0.2) is 10.9 Å². The molecule has 0 radical (unpaired) electrons. The van der Waals surface area contributed by atoms with Gasteiger partial charge < -0.3 is 5.73 Å². The number of pyridine rings is 1. The van der Waals surface area contributed by atoms with Gasteiger partial charge in [0.1, 0.15) is 0 Å². The first kappa shape index (κ1) is 12.3. The minimum Gasteiger partial charge on any atom is -0.375 e. The van der Waals surface area contributed by atoms with Crippen molar-refractivity contribution in [1.82, 2.24) is 10.4 Å². The number of aromatic nitrogens is 1. The van der Waals surface area contributed by atoms with Gasteiger partial charge in [0.05, 0.1) is 11.4 Å². The van der Waals surface area contributed by atoms with Crippen molar-refractivity contribution in [2.45, 2.75) is 13.8 Å². The van der Waals surface area contributed by atoms with E-state index in [4.69, 9.17) is 5.73 Å². The third kappa shape index (κ3) is 3.09. The molecule has 1 aromatic heterocycles. The molecule has 0 spiro atoms. The molecule has 84 valence electrons. The van der Waals surface area contributed by atoms with E-state index in [2.05, 4.69) is 27.7 Å². The second-order valence-electron chi connectivity index (χ2n) is 3.13. The lowest BCUT2D eigenvalue weighted by Crippen LogP contribution is -2.25. The molecule has 0 aliphatic heterocycles. The van der Waals surface area contributed by atoms with Crippen LogP contribution in [0.4, 0.5) is 0 Å². The molecular weight excluding hydrogens is 224 g/mol. The van der Waals surface area contributed by atoms with Crippen molar-refractivity contribution in [3.05, 3.63) is 29.6 Å². The summed E-state index contributed by atoms with van der Waals surface area (Å²) in [6.45, 7) is 3.20. The molecule has 6 heteroatoms. The lowest BCUT2D eigenvalue weighted by atomic mass is 10.1. The molecule has 1 rings (SSSR count). The van der Waals surface area contributed by atoms with Crippen LogP contribution >= 0.6 is 12.2 Å². The third-order valence-corrected chi connectivity index (χ3v) is 1.95.